The minimum absolute atomic E-state index is 0.0828. The Morgan fingerprint density at radius 1 is 0.474 bits per heavy atom. The molecule has 0 radical (unpaired) electrons. The number of urea groups is 2. The molecule has 18 heteroatoms. The van der Waals surface area contributed by atoms with E-state index >= 15 is 0 Å². The average Bonchev–Trinajstić information content (AvgIpc) is 3.41. The van der Waals surface area contributed by atoms with Crippen LogP contribution in [0.15, 0.2) is 133 Å². The Kier molecular flexibility index (Phi) is 21.6. The number of methoxy groups -OCH3 is 4. The van der Waals surface area contributed by atoms with E-state index in [4.69, 9.17) is 39.9 Å². The topological polar surface area (TPSA) is 257 Å². The first-order valence-corrected chi connectivity index (χ1v) is 23.9. The molecule has 18 nitrogen and oxygen atoms in total. The fourth-order valence-corrected chi connectivity index (χ4v) is 7.42. The number of primary amides is 2. The molecular weight excluding hydrogens is 975 g/mol. The number of nitrogens with one attached hydrogen (secondary N) is 2. The van der Waals surface area contributed by atoms with Crippen molar-refractivity contribution in [3.63, 3.8) is 0 Å². The molecular formula is C58H61N5O13. The maximum absolute atomic E-state index is 13.5. The number of carbonyl (C=O) groups excluding carboxylic acids is 5. The third-order valence-corrected chi connectivity index (χ3v) is 11.3. The number of nitrogens with zero attached hydrogens (tertiary/aromatic N) is 1. The molecule has 0 aliphatic carbocycles. The standard InChI is InChI=1S/C31H35N3O6.C27H26N2O7/c1-5-34(6-2)30(36)28(19-22-17-26(38-3)20-27(18-22)39-4)23-10-14-25(15-11-23)40-24-12-7-21(8-13-24)9-16-29(35)33-31(32)37;1-34-22-13-18(14-23(16-22)35-2)15-24(26(31)32)19-6-10-21(11-7-19)36-20-8-3-17(4-9-20)5-12-25(30)29-27(28)33/h7-8,10-15,17-20H,5-6,9,16H2,1-4H3,(H3,32,33,35,37);3-4,6-11,13-16H,5,12H2,1-2H3,(H,31,32)(H3,28,29,30,33)/b28-19+;24-15+. The van der Waals surface area contributed by atoms with E-state index in [-0.39, 0.29) is 24.3 Å². The van der Waals surface area contributed by atoms with Gasteiger partial charge in [0.05, 0.1) is 34.0 Å². The van der Waals surface area contributed by atoms with Crippen LogP contribution >= 0.6 is 0 Å². The SMILES string of the molecule is CCN(CC)C(=O)/C(=C/c1cc(OC)cc(OC)c1)c1ccc(Oc2ccc(CCC(=O)NC(N)=O)cc2)cc1.COc1cc(/C=C(/C(=O)O)c2ccc(Oc3ccc(CCC(=O)NC(N)=O)cc3)cc2)cc(OC)c1. The summed E-state index contributed by atoms with van der Waals surface area (Å²) < 4.78 is 33.1. The smallest absolute Gasteiger partial charge is 0.336 e. The summed E-state index contributed by atoms with van der Waals surface area (Å²) in [5.41, 5.74) is 15.0. The first-order chi connectivity index (χ1) is 36.5. The van der Waals surface area contributed by atoms with E-state index < -0.39 is 29.8 Å². The molecule has 0 fully saturated rings. The van der Waals surface area contributed by atoms with Gasteiger partial charge in [0.25, 0.3) is 5.91 Å². The number of carbonyl (C=O) groups is 6. The van der Waals surface area contributed by atoms with Gasteiger partial charge in [-0.2, -0.15) is 0 Å². The van der Waals surface area contributed by atoms with E-state index in [2.05, 4.69) is 0 Å². The van der Waals surface area contributed by atoms with Gasteiger partial charge >= 0.3 is 18.0 Å². The highest BCUT2D eigenvalue weighted by molar-refractivity contribution is 6.24. The number of hydrogen-bond acceptors (Lipinski definition) is 12. The van der Waals surface area contributed by atoms with E-state index in [0.29, 0.717) is 88.6 Å². The fourth-order valence-electron chi connectivity index (χ4n) is 7.42. The van der Waals surface area contributed by atoms with Crippen molar-refractivity contribution in [2.45, 2.75) is 39.5 Å². The van der Waals surface area contributed by atoms with Crippen LogP contribution in [0, 0.1) is 0 Å². The molecule has 7 amide bonds. The Labute approximate surface area is 440 Å². The Bertz CT molecular complexity index is 2980. The lowest BCUT2D eigenvalue weighted by molar-refractivity contribution is -0.130. The van der Waals surface area contributed by atoms with Crippen LogP contribution in [0.5, 0.6) is 46.0 Å². The van der Waals surface area contributed by atoms with E-state index in [1.165, 1.54) is 14.2 Å². The number of nitrogens with two attached hydrogens (primary N) is 2. The van der Waals surface area contributed by atoms with Crippen LogP contribution in [0.2, 0.25) is 0 Å². The molecule has 0 atom stereocenters. The van der Waals surface area contributed by atoms with Gasteiger partial charge in [0, 0.05) is 43.6 Å². The third-order valence-electron chi connectivity index (χ3n) is 11.3. The number of benzene rings is 6. The molecule has 6 aromatic carbocycles. The number of carboxylic acids is 1. The number of amides is 7. The number of aryl methyl sites for hydroxylation is 2. The number of aliphatic carboxylic acids is 1. The molecule has 6 aromatic rings. The summed E-state index contributed by atoms with van der Waals surface area (Å²) in [7, 11) is 6.22. The highest BCUT2D eigenvalue weighted by atomic mass is 16.5. The quantitative estimate of drug-likeness (QED) is 0.0314. The van der Waals surface area contributed by atoms with Gasteiger partial charge in [0.2, 0.25) is 11.8 Å². The zero-order valence-corrected chi connectivity index (χ0v) is 43.0. The molecule has 6 rings (SSSR count). The van der Waals surface area contributed by atoms with Crippen molar-refractivity contribution in [1.29, 1.82) is 0 Å². The van der Waals surface area contributed by atoms with Gasteiger partial charge in [0.1, 0.15) is 46.0 Å². The lowest BCUT2D eigenvalue weighted by atomic mass is 10.0. The van der Waals surface area contributed by atoms with Crippen molar-refractivity contribution in [3.05, 3.63) is 167 Å². The van der Waals surface area contributed by atoms with Crippen LogP contribution in [0.4, 0.5) is 9.59 Å². The van der Waals surface area contributed by atoms with Crippen molar-refractivity contribution in [2.24, 2.45) is 11.5 Å². The van der Waals surface area contributed by atoms with Gasteiger partial charge in [-0.05, 0) is 145 Å². The molecule has 0 spiro atoms. The molecule has 0 heterocycles. The summed E-state index contributed by atoms with van der Waals surface area (Å²) in [5, 5.41) is 13.9. The summed E-state index contributed by atoms with van der Waals surface area (Å²) >= 11 is 0. The lowest BCUT2D eigenvalue weighted by Crippen LogP contribution is -2.35. The van der Waals surface area contributed by atoms with E-state index in [9.17, 15) is 33.9 Å². The van der Waals surface area contributed by atoms with Crippen molar-refractivity contribution in [3.8, 4) is 46.0 Å². The van der Waals surface area contributed by atoms with Gasteiger partial charge in [0.15, 0.2) is 0 Å². The van der Waals surface area contributed by atoms with Gasteiger partial charge in [-0.3, -0.25) is 25.0 Å². The van der Waals surface area contributed by atoms with E-state index in [0.717, 1.165) is 22.3 Å². The van der Waals surface area contributed by atoms with Gasteiger partial charge in [-0.1, -0.05) is 48.5 Å². The molecule has 396 valence electrons. The second-order valence-corrected chi connectivity index (χ2v) is 16.6. The number of hydrogen-bond donors (Lipinski definition) is 5. The van der Waals surface area contributed by atoms with Crippen molar-refractivity contribution in [1.82, 2.24) is 15.5 Å². The second kappa shape index (κ2) is 28.6. The molecule has 0 aromatic heterocycles. The number of rotatable bonds is 22. The average molecular weight is 1040 g/mol. The number of ether oxygens (including phenoxy) is 6. The van der Waals surface area contributed by atoms with Crippen LogP contribution in [0.25, 0.3) is 23.3 Å². The fraction of sp³-hybridized carbons (Fsp3) is 0.207. The van der Waals surface area contributed by atoms with Crippen molar-refractivity contribution < 1.29 is 62.3 Å². The third kappa shape index (κ3) is 17.9. The van der Waals surface area contributed by atoms with E-state index in [1.54, 1.807) is 98.0 Å². The largest absolute Gasteiger partial charge is 0.497 e. The monoisotopic (exact) mass is 1040 g/mol. The summed E-state index contributed by atoms with van der Waals surface area (Å²) in [6.45, 7) is 5.07. The molecule has 0 aliphatic heterocycles. The number of carboxylic acid groups (broad SMARTS) is 1. The van der Waals surface area contributed by atoms with Crippen molar-refractivity contribution in [2.75, 3.05) is 41.5 Å². The Balaban J connectivity index is 0.000000282. The summed E-state index contributed by atoms with van der Waals surface area (Å²) in [6, 6.07) is 37.4. The maximum atomic E-state index is 13.5. The molecule has 0 unspecified atom stereocenters. The summed E-state index contributed by atoms with van der Waals surface area (Å²) in [5.74, 6) is 2.66. The summed E-state index contributed by atoms with van der Waals surface area (Å²) in [4.78, 5) is 71.8. The lowest BCUT2D eigenvalue weighted by Gasteiger charge is -2.21. The minimum Gasteiger partial charge on any atom is -0.497 e. The first-order valence-electron chi connectivity index (χ1n) is 23.9. The molecule has 7 N–H and O–H groups in total. The predicted molar refractivity (Wildman–Crippen MR) is 288 cm³/mol. The van der Waals surface area contributed by atoms with Crippen LogP contribution in [0.3, 0.4) is 0 Å². The minimum atomic E-state index is -1.08. The highest BCUT2D eigenvalue weighted by Gasteiger charge is 2.19. The second-order valence-electron chi connectivity index (χ2n) is 16.6. The van der Waals surface area contributed by atoms with Gasteiger partial charge < -0.3 is 49.9 Å². The molecule has 0 bridgehead atoms. The normalized spacial score (nSPS) is 10.9. The molecule has 0 saturated carbocycles. The van der Waals surface area contributed by atoms with Crippen LogP contribution < -0.4 is 50.5 Å². The van der Waals surface area contributed by atoms with Gasteiger partial charge in [-0.15, -0.1) is 0 Å². The van der Waals surface area contributed by atoms with Crippen LogP contribution in [-0.2, 0) is 32.0 Å². The van der Waals surface area contributed by atoms with Crippen LogP contribution in [0.1, 0.15) is 60.1 Å². The van der Waals surface area contributed by atoms with E-state index in [1.807, 2.05) is 91.2 Å². The number of imide groups is 2. The molecule has 0 saturated heterocycles. The highest BCUT2D eigenvalue weighted by Crippen LogP contribution is 2.31. The Hall–Kier alpha value is -9.58. The number of likely N-dealkylation sites (N-methyl/N-ethyl adjacent to an activating group) is 1. The predicted octanol–water partition coefficient (Wildman–Crippen LogP) is 9.28. The Morgan fingerprint density at radius 3 is 1.09 bits per heavy atom. The summed E-state index contributed by atoms with van der Waals surface area (Å²) in [6.07, 6.45) is 4.57. The van der Waals surface area contributed by atoms with Gasteiger partial charge in [-0.25, -0.2) is 14.4 Å². The zero-order valence-electron chi connectivity index (χ0n) is 43.0. The van der Waals surface area contributed by atoms with Crippen molar-refractivity contribution >= 4 is 59.1 Å². The molecule has 76 heavy (non-hydrogen) atoms. The Morgan fingerprint density at radius 2 is 0.789 bits per heavy atom. The van der Waals surface area contributed by atoms with Crippen LogP contribution in [-0.4, -0.2) is 87.3 Å². The maximum Gasteiger partial charge on any atom is 0.336 e. The first kappa shape index (κ1) is 57.3. The zero-order chi connectivity index (χ0) is 55.1. The molecule has 0 aliphatic rings.